The van der Waals surface area contributed by atoms with E-state index in [1.165, 1.54) is 38.5 Å². The highest BCUT2D eigenvalue weighted by molar-refractivity contribution is 5.86. The van der Waals surface area contributed by atoms with Crippen molar-refractivity contribution in [2.45, 2.75) is 90.1 Å². The van der Waals surface area contributed by atoms with Gasteiger partial charge < -0.3 is 9.47 Å². The molecule has 0 atom stereocenters. The van der Waals surface area contributed by atoms with Gasteiger partial charge in [0.05, 0.1) is 18.8 Å². The topological polar surface area (TPSA) is 59.3 Å². The molecule has 2 aliphatic rings. The summed E-state index contributed by atoms with van der Waals surface area (Å²) in [6.45, 7) is 6.59. The quantitative estimate of drug-likeness (QED) is 0.284. The molecule has 0 heterocycles. The Kier molecular flexibility index (Phi) is 9.91. The van der Waals surface area contributed by atoms with E-state index in [4.69, 9.17) is 14.7 Å². The van der Waals surface area contributed by atoms with Crippen LogP contribution in [-0.4, -0.2) is 25.3 Å². The average molecular weight is 376 g/mol. The number of rotatable bonds is 10. The first-order chi connectivity index (χ1) is 13.1. The Bertz CT molecular complexity index is 494. The van der Waals surface area contributed by atoms with Crippen molar-refractivity contribution in [3.8, 4) is 6.07 Å². The van der Waals surface area contributed by atoms with Crippen molar-refractivity contribution in [3.63, 3.8) is 0 Å². The van der Waals surface area contributed by atoms with Crippen molar-refractivity contribution in [1.29, 1.82) is 5.26 Å². The molecule has 2 saturated carbocycles. The highest BCUT2D eigenvalue weighted by Gasteiger charge is 2.30. The number of carbonyl (C=O) groups excluding carboxylic acids is 1. The second-order valence-electron chi connectivity index (χ2n) is 8.48. The lowest BCUT2D eigenvalue weighted by Gasteiger charge is -2.36. The SMILES string of the molecule is C=C(C)C(=O)OCCCCCCOC1CCC(C2CCC(C#N)CC2)CC1. The van der Waals surface area contributed by atoms with Crippen LogP contribution in [0.1, 0.15) is 84.0 Å². The summed E-state index contributed by atoms with van der Waals surface area (Å²) in [6.07, 6.45) is 14.4. The van der Waals surface area contributed by atoms with E-state index in [1.54, 1.807) is 6.92 Å². The van der Waals surface area contributed by atoms with E-state index in [9.17, 15) is 4.79 Å². The first-order valence-corrected chi connectivity index (χ1v) is 10.9. The third-order valence-electron chi connectivity index (χ3n) is 6.31. The van der Waals surface area contributed by atoms with Crippen molar-refractivity contribution < 1.29 is 14.3 Å². The van der Waals surface area contributed by atoms with Gasteiger partial charge in [-0.05, 0) is 89.4 Å². The Labute approximate surface area is 165 Å². The van der Waals surface area contributed by atoms with Crippen LogP contribution in [0.3, 0.4) is 0 Å². The van der Waals surface area contributed by atoms with E-state index in [0.717, 1.165) is 57.0 Å². The van der Waals surface area contributed by atoms with Crippen molar-refractivity contribution in [2.75, 3.05) is 13.2 Å². The average Bonchev–Trinajstić information content (AvgIpc) is 2.70. The number of nitriles is 1. The van der Waals surface area contributed by atoms with Crippen LogP contribution in [0.25, 0.3) is 0 Å². The Morgan fingerprint density at radius 1 is 0.926 bits per heavy atom. The molecule has 4 heteroatoms. The van der Waals surface area contributed by atoms with Crippen molar-refractivity contribution in [3.05, 3.63) is 12.2 Å². The molecule has 0 unspecified atom stereocenters. The van der Waals surface area contributed by atoms with Gasteiger partial charge in [-0.3, -0.25) is 0 Å². The van der Waals surface area contributed by atoms with Crippen LogP contribution in [0.15, 0.2) is 12.2 Å². The highest BCUT2D eigenvalue weighted by Crippen LogP contribution is 2.40. The molecule has 0 saturated heterocycles. The zero-order valence-corrected chi connectivity index (χ0v) is 17.1. The predicted octanol–water partition coefficient (Wildman–Crippen LogP) is 5.57. The van der Waals surface area contributed by atoms with Crippen LogP contribution in [0.2, 0.25) is 0 Å². The zero-order chi connectivity index (χ0) is 19.5. The predicted molar refractivity (Wildman–Crippen MR) is 107 cm³/mol. The second-order valence-corrected chi connectivity index (χ2v) is 8.48. The lowest BCUT2D eigenvalue weighted by Crippen LogP contribution is -2.28. The molecule has 0 aromatic carbocycles. The molecule has 0 aromatic heterocycles. The van der Waals surface area contributed by atoms with Gasteiger partial charge in [0.1, 0.15) is 0 Å². The molecule has 0 aromatic rings. The molecule has 0 N–H and O–H groups in total. The van der Waals surface area contributed by atoms with Gasteiger partial charge in [-0.1, -0.05) is 13.0 Å². The second kappa shape index (κ2) is 12.2. The Morgan fingerprint density at radius 2 is 1.48 bits per heavy atom. The fourth-order valence-electron chi connectivity index (χ4n) is 4.54. The Balaban J connectivity index is 1.44. The van der Waals surface area contributed by atoms with Crippen LogP contribution in [-0.2, 0) is 14.3 Å². The van der Waals surface area contributed by atoms with Gasteiger partial charge in [0.15, 0.2) is 0 Å². The van der Waals surface area contributed by atoms with Crippen molar-refractivity contribution in [1.82, 2.24) is 0 Å². The maximum Gasteiger partial charge on any atom is 0.333 e. The number of unbranched alkanes of at least 4 members (excludes halogenated alkanes) is 3. The lowest BCUT2D eigenvalue weighted by atomic mass is 9.71. The molecule has 0 amide bonds. The van der Waals surface area contributed by atoms with Crippen LogP contribution in [0.4, 0.5) is 0 Å². The molecular formula is C23H37NO3. The largest absolute Gasteiger partial charge is 0.462 e. The maximum atomic E-state index is 11.3. The van der Waals surface area contributed by atoms with Crippen LogP contribution >= 0.6 is 0 Å². The highest BCUT2D eigenvalue weighted by atomic mass is 16.5. The first-order valence-electron chi connectivity index (χ1n) is 10.9. The molecule has 27 heavy (non-hydrogen) atoms. The first kappa shape index (κ1) is 22.0. The van der Waals surface area contributed by atoms with E-state index in [2.05, 4.69) is 12.6 Å². The summed E-state index contributed by atoms with van der Waals surface area (Å²) in [5.74, 6) is 1.76. The number of carbonyl (C=O) groups is 1. The van der Waals surface area contributed by atoms with Gasteiger partial charge in [0, 0.05) is 18.1 Å². The van der Waals surface area contributed by atoms with Gasteiger partial charge in [0.2, 0.25) is 0 Å². The fourth-order valence-corrected chi connectivity index (χ4v) is 4.54. The van der Waals surface area contributed by atoms with Crippen LogP contribution in [0, 0.1) is 29.1 Å². The molecule has 0 spiro atoms. The molecular weight excluding hydrogens is 338 g/mol. The minimum Gasteiger partial charge on any atom is -0.462 e. The molecule has 0 aliphatic heterocycles. The summed E-state index contributed by atoms with van der Waals surface area (Å²) in [4.78, 5) is 11.3. The zero-order valence-electron chi connectivity index (χ0n) is 17.1. The molecule has 4 nitrogen and oxygen atoms in total. The minimum atomic E-state index is -0.285. The third kappa shape index (κ3) is 8.05. The Morgan fingerprint density at radius 3 is 2.04 bits per heavy atom. The van der Waals surface area contributed by atoms with E-state index in [0.29, 0.717) is 24.2 Å². The monoisotopic (exact) mass is 375 g/mol. The summed E-state index contributed by atoms with van der Waals surface area (Å²) in [7, 11) is 0. The van der Waals surface area contributed by atoms with Crippen LogP contribution in [0.5, 0.6) is 0 Å². The summed E-state index contributed by atoms with van der Waals surface area (Å²) in [5.41, 5.74) is 0.466. The molecule has 152 valence electrons. The van der Waals surface area contributed by atoms with E-state index in [-0.39, 0.29) is 5.97 Å². The van der Waals surface area contributed by atoms with E-state index < -0.39 is 0 Å². The third-order valence-corrected chi connectivity index (χ3v) is 6.31. The summed E-state index contributed by atoms with van der Waals surface area (Å²) in [6, 6.07) is 2.44. The number of nitrogens with zero attached hydrogens (tertiary/aromatic N) is 1. The standard InChI is InChI=1S/C23H37NO3/c1-18(2)23(25)27-16-6-4-3-5-15-26-22-13-11-21(12-14-22)20-9-7-19(17-24)8-10-20/h19-22H,1,3-16H2,2H3. The molecule has 0 radical (unpaired) electrons. The van der Waals surface area contributed by atoms with Gasteiger partial charge in [-0.25, -0.2) is 4.79 Å². The van der Waals surface area contributed by atoms with E-state index >= 15 is 0 Å². The van der Waals surface area contributed by atoms with Gasteiger partial charge >= 0.3 is 5.97 Å². The number of hydrogen-bond donors (Lipinski definition) is 0. The molecule has 2 rings (SSSR count). The Hall–Kier alpha value is -1.34. The van der Waals surface area contributed by atoms with Crippen LogP contribution < -0.4 is 0 Å². The van der Waals surface area contributed by atoms with Gasteiger partial charge in [0.25, 0.3) is 0 Å². The normalized spacial score (nSPS) is 28.3. The fraction of sp³-hybridized carbons (Fsp3) is 0.826. The number of hydrogen-bond acceptors (Lipinski definition) is 4. The number of esters is 1. The van der Waals surface area contributed by atoms with Gasteiger partial charge in [-0.15, -0.1) is 0 Å². The molecule has 0 bridgehead atoms. The smallest absolute Gasteiger partial charge is 0.333 e. The van der Waals surface area contributed by atoms with E-state index in [1.807, 2.05) is 0 Å². The molecule has 2 fully saturated rings. The minimum absolute atomic E-state index is 0.285. The van der Waals surface area contributed by atoms with Gasteiger partial charge in [-0.2, -0.15) is 5.26 Å². The molecule has 2 aliphatic carbocycles. The number of ether oxygens (including phenoxy) is 2. The summed E-state index contributed by atoms with van der Waals surface area (Å²) in [5, 5.41) is 9.04. The lowest BCUT2D eigenvalue weighted by molar-refractivity contribution is -0.139. The summed E-state index contributed by atoms with van der Waals surface area (Å²) < 4.78 is 11.2. The van der Waals surface area contributed by atoms with Crippen molar-refractivity contribution >= 4 is 5.97 Å². The van der Waals surface area contributed by atoms with Crippen molar-refractivity contribution in [2.24, 2.45) is 17.8 Å². The summed E-state index contributed by atoms with van der Waals surface area (Å²) >= 11 is 0. The maximum absolute atomic E-state index is 11.3.